The summed E-state index contributed by atoms with van der Waals surface area (Å²) in [6.45, 7) is 4.57. The molecule has 0 spiro atoms. The fourth-order valence-corrected chi connectivity index (χ4v) is 2.74. The molecule has 0 aromatic heterocycles. The molecule has 0 atom stereocenters. The van der Waals surface area contributed by atoms with Gasteiger partial charge in [0.25, 0.3) is 0 Å². The maximum absolute atomic E-state index is 11.8. The number of hydrogen-bond acceptors (Lipinski definition) is 5. The lowest BCUT2D eigenvalue weighted by molar-refractivity contribution is -0.122. The Hall–Kier alpha value is -1.81. The summed E-state index contributed by atoms with van der Waals surface area (Å²) < 4.78 is 4.90. The van der Waals surface area contributed by atoms with Crippen LogP contribution in [-0.4, -0.2) is 63.8 Å². The molecule has 0 radical (unpaired) electrons. The Labute approximate surface area is 141 Å². The lowest BCUT2D eigenvalue weighted by Crippen LogP contribution is -2.49. The van der Waals surface area contributed by atoms with Crippen molar-refractivity contribution >= 4 is 23.2 Å². The predicted molar refractivity (Wildman–Crippen MR) is 89.7 cm³/mol. The molecule has 1 fully saturated rings. The van der Waals surface area contributed by atoms with Gasteiger partial charge >= 0.3 is 0 Å². The minimum absolute atomic E-state index is 0.0136. The minimum Gasteiger partial charge on any atom is -0.383 e. The Morgan fingerprint density at radius 1 is 1.39 bits per heavy atom. The third-order valence-corrected chi connectivity index (χ3v) is 4.02. The predicted octanol–water partition coefficient (Wildman–Crippen LogP) is 1.10. The van der Waals surface area contributed by atoms with Crippen LogP contribution < -0.4 is 10.2 Å². The molecule has 124 valence electrons. The van der Waals surface area contributed by atoms with Gasteiger partial charge in [0, 0.05) is 44.9 Å². The number of methoxy groups -OCH3 is 1. The number of nitrogens with one attached hydrogen (secondary N) is 1. The average molecular weight is 337 g/mol. The molecule has 1 aromatic carbocycles. The molecule has 6 nitrogen and oxygen atoms in total. The van der Waals surface area contributed by atoms with Gasteiger partial charge in [0.2, 0.25) is 5.91 Å². The van der Waals surface area contributed by atoms with Crippen LogP contribution in [-0.2, 0) is 9.53 Å². The van der Waals surface area contributed by atoms with Crippen LogP contribution >= 0.6 is 11.6 Å². The Bertz CT molecular complexity index is 580. The van der Waals surface area contributed by atoms with Crippen LogP contribution in [0.1, 0.15) is 5.56 Å². The van der Waals surface area contributed by atoms with Crippen LogP contribution in [0.15, 0.2) is 18.2 Å². The Morgan fingerprint density at radius 3 is 2.78 bits per heavy atom. The zero-order valence-corrected chi connectivity index (χ0v) is 14.0. The Balaban J connectivity index is 1.84. The highest BCUT2D eigenvalue weighted by molar-refractivity contribution is 6.30. The van der Waals surface area contributed by atoms with E-state index in [1.807, 2.05) is 6.07 Å². The maximum atomic E-state index is 11.8. The van der Waals surface area contributed by atoms with Crippen LogP contribution in [0.25, 0.3) is 0 Å². The summed E-state index contributed by atoms with van der Waals surface area (Å²) in [5.74, 6) is 0.0136. The first kappa shape index (κ1) is 17.5. The van der Waals surface area contributed by atoms with E-state index in [1.54, 1.807) is 19.2 Å². The summed E-state index contributed by atoms with van der Waals surface area (Å²) >= 11 is 5.94. The molecule has 1 amide bonds. The molecular weight excluding hydrogens is 316 g/mol. The first-order valence-electron chi connectivity index (χ1n) is 7.56. The largest absolute Gasteiger partial charge is 0.383 e. The maximum Gasteiger partial charge on any atom is 0.234 e. The van der Waals surface area contributed by atoms with E-state index in [9.17, 15) is 10.1 Å². The number of amides is 1. The summed E-state index contributed by atoms with van der Waals surface area (Å²) in [7, 11) is 1.61. The molecule has 1 aliphatic rings. The van der Waals surface area contributed by atoms with Gasteiger partial charge in [-0.15, -0.1) is 0 Å². The zero-order valence-electron chi connectivity index (χ0n) is 13.2. The van der Waals surface area contributed by atoms with Crippen LogP contribution in [0.3, 0.4) is 0 Å². The van der Waals surface area contributed by atoms with Gasteiger partial charge in [-0.3, -0.25) is 9.69 Å². The van der Waals surface area contributed by atoms with E-state index < -0.39 is 0 Å². The summed E-state index contributed by atoms with van der Waals surface area (Å²) in [5, 5.41) is 12.6. The molecule has 0 bridgehead atoms. The van der Waals surface area contributed by atoms with Gasteiger partial charge in [-0.25, -0.2) is 0 Å². The number of hydrogen-bond donors (Lipinski definition) is 1. The van der Waals surface area contributed by atoms with Crippen molar-refractivity contribution in [2.24, 2.45) is 0 Å². The minimum atomic E-state index is 0.0136. The highest BCUT2D eigenvalue weighted by atomic mass is 35.5. The van der Waals surface area contributed by atoms with Crippen molar-refractivity contribution in [3.63, 3.8) is 0 Å². The molecule has 1 heterocycles. The number of nitrogens with zero attached hydrogens (tertiary/aromatic N) is 3. The summed E-state index contributed by atoms with van der Waals surface area (Å²) in [5.41, 5.74) is 1.49. The lowest BCUT2D eigenvalue weighted by atomic mass is 10.1. The quantitative estimate of drug-likeness (QED) is 0.788. The van der Waals surface area contributed by atoms with Crippen molar-refractivity contribution < 1.29 is 9.53 Å². The molecule has 7 heteroatoms. The molecule has 1 aromatic rings. The van der Waals surface area contributed by atoms with E-state index in [2.05, 4.69) is 21.2 Å². The second-order valence-electron chi connectivity index (χ2n) is 5.38. The number of rotatable bonds is 6. The van der Waals surface area contributed by atoms with Gasteiger partial charge in [0.15, 0.2) is 0 Å². The third kappa shape index (κ3) is 5.10. The topological polar surface area (TPSA) is 68.6 Å². The Kier molecular flexibility index (Phi) is 6.66. The van der Waals surface area contributed by atoms with Crippen molar-refractivity contribution in [1.82, 2.24) is 10.2 Å². The van der Waals surface area contributed by atoms with Crippen molar-refractivity contribution in [2.75, 3.05) is 57.9 Å². The molecule has 0 saturated carbocycles. The molecule has 0 aliphatic carbocycles. The number of carbonyl (C=O) groups is 1. The Morgan fingerprint density at radius 2 is 2.13 bits per heavy atom. The van der Waals surface area contributed by atoms with Crippen molar-refractivity contribution in [3.8, 4) is 6.07 Å². The zero-order chi connectivity index (χ0) is 16.7. The molecule has 0 unspecified atom stereocenters. The van der Waals surface area contributed by atoms with Crippen LogP contribution in [0.5, 0.6) is 0 Å². The standard InChI is InChI=1S/C16H21ClN4O2/c1-23-9-4-19-16(22)12-20-5-7-21(8-6-20)15-3-2-14(17)10-13(15)11-18/h2-3,10H,4-9,12H2,1H3,(H,19,22). The van der Waals surface area contributed by atoms with E-state index >= 15 is 0 Å². The van der Waals surface area contributed by atoms with Gasteiger partial charge in [0.05, 0.1) is 24.4 Å². The first-order valence-corrected chi connectivity index (χ1v) is 7.94. The van der Waals surface area contributed by atoms with Crippen molar-refractivity contribution in [2.45, 2.75) is 0 Å². The van der Waals surface area contributed by atoms with Crippen LogP contribution in [0.2, 0.25) is 5.02 Å². The van der Waals surface area contributed by atoms with Gasteiger partial charge < -0.3 is 15.0 Å². The van der Waals surface area contributed by atoms with Crippen LogP contribution in [0.4, 0.5) is 5.69 Å². The average Bonchev–Trinajstić information content (AvgIpc) is 2.56. The molecule has 1 N–H and O–H groups in total. The normalized spacial score (nSPS) is 15.3. The summed E-state index contributed by atoms with van der Waals surface area (Å²) in [6.07, 6.45) is 0. The smallest absolute Gasteiger partial charge is 0.234 e. The number of piperazine rings is 1. The number of anilines is 1. The van der Waals surface area contributed by atoms with Gasteiger partial charge in [-0.05, 0) is 18.2 Å². The van der Waals surface area contributed by atoms with E-state index in [0.29, 0.717) is 30.3 Å². The number of ether oxygens (including phenoxy) is 1. The molecule has 2 rings (SSSR count). The fourth-order valence-electron chi connectivity index (χ4n) is 2.57. The van der Waals surface area contributed by atoms with E-state index in [0.717, 1.165) is 31.9 Å². The number of halogens is 1. The lowest BCUT2D eigenvalue weighted by Gasteiger charge is -2.36. The molecule has 23 heavy (non-hydrogen) atoms. The van der Waals surface area contributed by atoms with Crippen LogP contribution in [0, 0.1) is 11.3 Å². The van der Waals surface area contributed by atoms with Crippen molar-refractivity contribution in [3.05, 3.63) is 28.8 Å². The van der Waals surface area contributed by atoms with Crippen molar-refractivity contribution in [1.29, 1.82) is 5.26 Å². The monoisotopic (exact) mass is 336 g/mol. The molecule has 1 aliphatic heterocycles. The number of nitriles is 1. The van der Waals surface area contributed by atoms with E-state index in [1.165, 1.54) is 0 Å². The second kappa shape index (κ2) is 8.73. The number of carbonyl (C=O) groups excluding carboxylic acids is 1. The van der Waals surface area contributed by atoms with Gasteiger partial charge in [-0.2, -0.15) is 5.26 Å². The van der Waals surface area contributed by atoms with E-state index in [4.69, 9.17) is 16.3 Å². The molecular formula is C16H21ClN4O2. The van der Waals surface area contributed by atoms with E-state index in [-0.39, 0.29) is 5.91 Å². The summed E-state index contributed by atoms with van der Waals surface area (Å²) in [4.78, 5) is 16.1. The summed E-state index contributed by atoms with van der Waals surface area (Å²) in [6, 6.07) is 7.56. The fraction of sp³-hybridized carbons (Fsp3) is 0.500. The number of benzene rings is 1. The second-order valence-corrected chi connectivity index (χ2v) is 5.82. The molecule has 1 saturated heterocycles. The SMILES string of the molecule is COCCNC(=O)CN1CCN(c2ccc(Cl)cc2C#N)CC1. The third-order valence-electron chi connectivity index (χ3n) is 3.79. The van der Waals surface area contributed by atoms with Gasteiger partial charge in [0.1, 0.15) is 6.07 Å². The van der Waals surface area contributed by atoms with Gasteiger partial charge in [-0.1, -0.05) is 11.6 Å². The first-order chi connectivity index (χ1) is 11.1. The highest BCUT2D eigenvalue weighted by Crippen LogP contribution is 2.24. The highest BCUT2D eigenvalue weighted by Gasteiger charge is 2.20.